The molecule has 0 atom stereocenters. The summed E-state index contributed by atoms with van der Waals surface area (Å²) in [6.45, 7) is 4.08. The lowest BCUT2D eigenvalue weighted by Crippen LogP contribution is -2.31. The second-order valence-corrected chi connectivity index (χ2v) is 8.88. The molecule has 0 fully saturated rings. The maximum atomic E-state index is 10.4. The number of aromatic amines is 1. The van der Waals surface area contributed by atoms with Gasteiger partial charge in [-0.15, -0.1) is 0 Å². The second-order valence-electron chi connectivity index (χ2n) is 7.50. The van der Waals surface area contributed by atoms with Crippen LogP contribution < -0.4 is 4.57 Å². The number of hydrogen-bond donors (Lipinski definition) is 2. The lowest BCUT2D eigenvalue weighted by atomic mass is 10.1. The van der Waals surface area contributed by atoms with Crippen LogP contribution in [0.5, 0.6) is 5.88 Å². The van der Waals surface area contributed by atoms with Crippen molar-refractivity contribution in [1.82, 2.24) is 4.98 Å². The lowest BCUT2D eigenvalue weighted by molar-refractivity contribution is -0.683. The molecule has 0 bridgehead atoms. The van der Waals surface area contributed by atoms with Crippen molar-refractivity contribution in [1.29, 1.82) is 0 Å². The van der Waals surface area contributed by atoms with Gasteiger partial charge in [0.15, 0.2) is 6.20 Å². The van der Waals surface area contributed by atoms with Gasteiger partial charge >= 0.3 is 5.88 Å². The number of aryl methyl sites for hydroxylation is 2. The molecule has 164 valence electrons. The first-order valence-corrected chi connectivity index (χ1v) is 11.9. The predicted molar refractivity (Wildman–Crippen MR) is 114 cm³/mol. The summed E-state index contributed by atoms with van der Waals surface area (Å²) in [4.78, 5) is 2.93. The normalized spacial score (nSPS) is 11.2. The van der Waals surface area contributed by atoms with Gasteiger partial charge in [0.05, 0.1) is 11.9 Å². The molecule has 0 aliphatic carbocycles. The number of aromatic hydroxyl groups is 1. The fraction of sp³-hybridized carbons (Fsp3) is 0.591. The third-order valence-corrected chi connectivity index (χ3v) is 5.79. The number of rotatable bonds is 11. The van der Waals surface area contributed by atoms with E-state index in [0.717, 1.165) is 17.8 Å². The van der Waals surface area contributed by atoms with Crippen LogP contribution >= 0.6 is 0 Å². The Morgan fingerprint density at radius 2 is 1.48 bits per heavy atom. The zero-order chi connectivity index (χ0) is 21.7. The first-order chi connectivity index (χ1) is 13.8. The van der Waals surface area contributed by atoms with Crippen LogP contribution in [0, 0.1) is 6.92 Å². The van der Waals surface area contributed by atoms with Crippen LogP contribution in [0.1, 0.15) is 76.1 Å². The summed E-state index contributed by atoms with van der Waals surface area (Å²) in [6, 6.07) is 5.78. The molecule has 2 aromatic rings. The fourth-order valence-electron chi connectivity index (χ4n) is 3.03. The van der Waals surface area contributed by atoms with Gasteiger partial charge in [0, 0.05) is 6.42 Å². The number of imidazole rings is 1. The summed E-state index contributed by atoms with van der Waals surface area (Å²) in [5.41, 5.74) is 0.928. The third-order valence-electron chi connectivity index (χ3n) is 4.94. The van der Waals surface area contributed by atoms with Gasteiger partial charge in [0.2, 0.25) is 0 Å². The lowest BCUT2D eigenvalue weighted by Gasteiger charge is -2.05. The van der Waals surface area contributed by atoms with Crippen LogP contribution in [0.25, 0.3) is 0 Å². The average Bonchev–Trinajstić information content (AvgIpc) is 2.99. The van der Waals surface area contributed by atoms with Crippen LogP contribution in [0.3, 0.4) is 0 Å². The highest BCUT2D eigenvalue weighted by Crippen LogP contribution is 2.11. The minimum absolute atomic E-state index is 0.178. The summed E-state index contributed by atoms with van der Waals surface area (Å²) >= 11 is 0. The zero-order valence-corrected chi connectivity index (χ0v) is 18.8. The predicted octanol–water partition coefficient (Wildman–Crippen LogP) is 4.52. The van der Waals surface area contributed by atoms with Crippen LogP contribution in [0.2, 0.25) is 0 Å². The number of aromatic nitrogens is 2. The molecule has 2 rings (SSSR count). The van der Waals surface area contributed by atoms with E-state index in [-0.39, 0.29) is 4.90 Å². The van der Waals surface area contributed by atoms with Crippen LogP contribution in [-0.4, -0.2) is 23.1 Å². The summed E-state index contributed by atoms with van der Waals surface area (Å²) in [7, 11) is -2.37. The molecule has 0 aliphatic rings. The van der Waals surface area contributed by atoms with E-state index in [9.17, 15) is 18.1 Å². The molecule has 0 spiro atoms. The Bertz CT molecular complexity index is 799. The van der Waals surface area contributed by atoms with Gasteiger partial charge in [-0.25, -0.2) is 18.0 Å². The van der Waals surface area contributed by atoms with Crippen molar-refractivity contribution < 1.29 is 22.6 Å². The Morgan fingerprint density at radius 3 is 1.93 bits per heavy atom. The van der Waals surface area contributed by atoms with Crippen molar-refractivity contribution in [2.75, 3.05) is 0 Å². The highest BCUT2D eigenvalue weighted by molar-refractivity contribution is 7.85. The Morgan fingerprint density at radius 1 is 0.966 bits per heavy atom. The number of nitrogens with zero attached hydrogens (tertiary/aromatic N) is 1. The molecule has 29 heavy (non-hydrogen) atoms. The molecular formula is C22H36N2O4S. The average molecular weight is 425 g/mol. The molecule has 1 heterocycles. The van der Waals surface area contributed by atoms with Crippen molar-refractivity contribution >= 4 is 10.1 Å². The number of unbranched alkanes of at least 4 members (excludes halogenated alkanes) is 8. The summed E-state index contributed by atoms with van der Waals surface area (Å²) < 4.78 is 33.0. The Labute approximate surface area is 175 Å². The first-order valence-electron chi connectivity index (χ1n) is 10.5. The molecule has 1 aromatic carbocycles. The van der Waals surface area contributed by atoms with E-state index in [0.29, 0.717) is 5.88 Å². The quantitative estimate of drug-likeness (QED) is 0.315. The van der Waals surface area contributed by atoms with Crippen molar-refractivity contribution in [2.24, 2.45) is 7.05 Å². The molecule has 0 saturated heterocycles. The van der Waals surface area contributed by atoms with Crippen molar-refractivity contribution in [3.8, 4) is 5.88 Å². The van der Waals surface area contributed by atoms with Crippen LogP contribution in [0.15, 0.2) is 35.4 Å². The zero-order valence-electron chi connectivity index (χ0n) is 18.0. The second kappa shape index (κ2) is 13.4. The Hall–Kier alpha value is -1.86. The van der Waals surface area contributed by atoms with Gasteiger partial charge in [-0.2, -0.15) is 0 Å². The van der Waals surface area contributed by atoms with Crippen molar-refractivity contribution in [3.63, 3.8) is 0 Å². The molecule has 2 N–H and O–H groups in total. The van der Waals surface area contributed by atoms with Gasteiger partial charge < -0.3 is 9.66 Å². The molecule has 1 aromatic heterocycles. The molecule has 0 radical (unpaired) electrons. The molecule has 0 amide bonds. The molecule has 0 saturated carbocycles. The van der Waals surface area contributed by atoms with E-state index in [2.05, 4.69) is 11.9 Å². The maximum Gasteiger partial charge on any atom is 0.321 e. The molecular weight excluding hydrogens is 388 g/mol. The number of H-pyrrole nitrogens is 1. The number of nitrogens with one attached hydrogen (secondary N) is 1. The minimum atomic E-state index is -4.27. The summed E-state index contributed by atoms with van der Waals surface area (Å²) in [6.07, 6.45) is 14.9. The molecule has 0 aliphatic heterocycles. The van der Waals surface area contributed by atoms with E-state index >= 15 is 0 Å². The standard InChI is InChI=1S/C15H28N2O.C7H8O3S/c1-3-4-5-6-7-8-9-10-11-12-14-16-13-15(18)17(14)2;1-6-2-4-7(5-3-6)11(8,9)10/h13,18H,3-12H2,1-2H3;2-5H,1H3,(H,8,9,10). The third kappa shape index (κ3) is 10.5. The van der Waals surface area contributed by atoms with Crippen molar-refractivity contribution in [3.05, 3.63) is 41.9 Å². The van der Waals surface area contributed by atoms with E-state index in [4.69, 9.17) is 0 Å². The maximum absolute atomic E-state index is 10.4. The highest BCUT2D eigenvalue weighted by Gasteiger charge is 2.11. The van der Waals surface area contributed by atoms with Gasteiger partial charge in [-0.3, -0.25) is 0 Å². The monoisotopic (exact) mass is 424 g/mol. The van der Waals surface area contributed by atoms with Gasteiger partial charge in [-0.1, -0.05) is 76.0 Å². The first kappa shape index (κ1) is 25.2. The highest BCUT2D eigenvalue weighted by atomic mass is 32.2. The minimum Gasteiger partial charge on any atom is -0.744 e. The van der Waals surface area contributed by atoms with Gasteiger partial charge in [-0.05, 0) is 25.5 Å². The van der Waals surface area contributed by atoms with Crippen LogP contribution in [0.4, 0.5) is 0 Å². The smallest absolute Gasteiger partial charge is 0.321 e. The number of hydrogen-bond acceptors (Lipinski definition) is 4. The molecule has 0 unspecified atom stereocenters. The van der Waals surface area contributed by atoms with Gasteiger partial charge in [0.1, 0.15) is 10.1 Å². The van der Waals surface area contributed by atoms with E-state index in [1.165, 1.54) is 69.9 Å². The van der Waals surface area contributed by atoms with Gasteiger partial charge in [0.25, 0.3) is 5.82 Å². The summed E-state index contributed by atoms with van der Waals surface area (Å²) in [5, 5.41) is 9.42. The van der Waals surface area contributed by atoms with Crippen LogP contribution in [-0.2, 0) is 23.6 Å². The topological polar surface area (TPSA) is 97.1 Å². The van der Waals surface area contributed by atoms with E-state index < -0.39 is 10.1 Å². The van der Waals surface area contributed by atoms with Crippen molar-refractivity contribution in [2.45, 2.75) is 83.0 Å². The Balaban J connectivity index is 0.000000326. The SMILES string of the molecule is CCCCCCCCCCCc1[nH]cc(O)[n+]1C.Cc1ccc(S(=O)(=O)[O-])cc1. The van der Waals surface area contributed by atoms with E-state index in [1.807, 2.05) is 18.5 Å². The summed E-state index contributed by atoms with van der Waals surface area (Å²) in [5.74, 6) is 1.44. The fourth-order valence-corrected chi connectivity index (χ4v) is 3.50. The molecule has 7 heteroatoms. The number of benzene rings is 1. The Kier molecular flexibility index (Phi) is 11.6. The molecule has 6 nitrogen and oxygen atoms in total. The largest absolute Gasteiger partial charge is 0.744 e. The van der Waals surface area contributed by atoms with E-state index in [1.54, 1.807) is 18.3 Å².